The van der Waals surface area contributed by atoms with Gasteiger partial charge in [-0.2, -0.15) is 0 Å². The lowest BCUT2D eigenvalue weighted by atomic mass is 10.2. The molecule has 4 nitrogen and oxygen atoms in total. The van der Waals surface area contributed by atoms with Crippen molar-refractivity contribution in [1.82, 2.24) is 0 Å². The quantitative estimate of drug-likeness (QED) is 0.489. The number of ether oxygens (including phenoxy) is 1. The van der Waals surface area contributed by atoms with Crippen LogP contribution in [0.15, 0.2) is 24.3 Å². The Morgan fingerprint density at radius 1 is 1.19 bits per heavy atom. The molecular formula is C11H11ClO4. The maximum absolute atomic E-state index is 11.2. The zero-order valence-corrected chi connectivity index (χ0v) is 9.24. The molecule has 0 heterocycles. The molecule has 0 aliphatic heterocycles. The Kier molecular flexibility index (Phi) is 4.79. The van der Waals surface area contributed by atoms with Crippen LogP contribution in [0.1, 0.15) is 19.3 Å². The number of hydrogen-bond acceptors (Lipinski definition) is 4. The van der Waals surface area contributed by atoms with Crippen LogP contribution in [-0.2, 0) is 9.59 Å². The molecule has 0 radical (unpaired) electrons. The maximum Gasteiger partial charge on any atom is 0.311 e. The topological polar surface area (TPSA) is 63.6 Å². The molecule has 5 heteroatoms. The van der Waals surface area contributed by atoms with Gasteiger partial charge in [-0.1, -0.05) is 0 Å². The predicted octanol–water partition coefficient (Wildman–Crippen LogP) is 2.23. The molecule has 0 amide bonds. The van der Waals surface area contributed by atoms with Crippen molar-refractivity contribution in [3.8, 4) is 11.5 Å². The molecule has 0 atom stereocenters. The van der Waals surface area contributed by atoms with Crippen molar-refractivity contribution in [3.05, 3.63) is 24.3 Å². The molecule has 1 N–H and O–H groups in total. The molecule has 0 saturated carbocycles. The summed E-state index contributed by atoms with van der Waals surface area (Å²) in [4.78, 5) is 21.6. The van der Waals surface area contributed by atoms with Crippen molar-refractivity contribution in [2.75, 3.05) is 0 Å². The van der Waals surface area contributed by atoms with E-state index in [1.807, 2.05) is 0 Å². The molecule has 1 rings (SSSR count). The van der Waals surface area contributed by atoms with Crippen LogP contribution in [0.3, 0.4) is 0 Å². The monoisotopic (exact) mass is 242 g/mol. The molecular weight excluding hydrogens is 232 g/mol. The van der Waals surface area contributed by atoms with Crippen LogP contribution < -0.4 is 4.74 Å². The van der Waals surface area contributed by atoms with Gasteiger partial charge in [-0.3, -0.25) is 9.59 Å². The van der Waals surface area contributed by atoms with Crippen molar-refractivity contribution in [2.45, 2.75) is 19.3 Å². The number of phenols is 1. The van der Waals surface area contributed by atoms with Gasteiger partial charge in [0.2, 0.25) is 5.24 Å². The third-order valence-electron chi connectivity index (χ3n) is 1.82. The van der Waals surface area contributed by atoms with Crippen LogP contribution in [0.4, 0.5) is 0 Å². The Balaban J connectivity index is 2.34. The Labute approximate surface area is 97.8 Å². The fraction of sp³-hybridized carbons (Fsp3) is 0.273. The van der Waals surface area contributed by atoms with Gasteiger partial charge in [-0.15, -0.1) is 0 Å². The van der Waals surface area contributed by atoms with E-state index in [-0.39, 0.29) is 18.6 Å². The molecule has 0 spiro atoms. The van der Waals surface area contributed by atoms with Gasteiger partial charge in [0, 0.05) is 12.8 Å². The molecule has 0 aromatic heterocycles. The lowest BCUT2D eigenvalue weighted by Crippen LogP contribution is -2.07. The average molecular weight is 243 g/mol. The largest absolute Gasteiger partial charge is 0.508 e. The fourth-order valence-corrected chi connectivity index (χ4v) is 1.20. The smallest absolute Gasteiger partial charge is 0.311 e. The summed E-state index contributed by atoms with van der Waals surface area (Å²) in [6, 6.07) is 5.82. The van der Waals surface area contributed by atoms with E-state index in [0.717, 1.165) is 0 Å². The van der Waals surface area contributed by atoms with Gasteiger partial charge in [-0.25, -0.2) is 0 Å². The third kappa shape index (κ3) is 4.79. The number of halogens is 1. The minimum absolute atomic E-state index is 0.104. The second-order valence-corrected chi connectivity index (χ2v) is 3.60. The number of phenolic OH excluding ortho intramolecular Hbond substituents is 1. The zero-order chi connectivity index (χ0) is 12.0. The predicted molar refractivity (Wildman–Crippen MR) is 58.5 cm³/mol. The van der Waals surface area contributed by atoms with E-state index in [1.54, 1.807) is 0 Å². The summed E-state index contributed by atoms with van der Waals surface area (Å²) in [5, 5.41) is 8.54. The summed E-state index contributed by atoms with van der Waals surface area (Å²) >= 11 is 5.12. The van der Waals surface area contributed by atoms with Gasteiger partial charge in [0.05, 0.1) is 0 Å². The summed E-state index contributed by atoms with van der Waals surface area (Å²) < 4.78 is 4.95. The van der Waals surface area contributed by atoms with Crippen molar-refractivity contribution in [1.29, 1.82) is 0 Å². The Bertz CT molecular complexity index is 372. The molecule has 0 aliphatic carbocycles. The summed E-state index contributed by atoms with van der Waals surface area (Å²) in [6.07, 6.45) is 0.671. The first-order chi connectivity index (χ1) is 7.58. The number of aromatic hydroxyl groups is 1. The van der Waals surface area contributed by atoms with Gasteiger partial charge < -0.3 is 9.84 Å². The van der Waals surface area contributed by atoms with E-state index < -0.39 is 11.2 Å². The van der Waals surface area contributed by atoms with Crippen LogP contribution >= 0.6 is 11.6 Å². The minimum Gasteiger partial charge on any atom is -0.508 e. The lowest BCUT2D eigenvalue weighted by Gasteiger charge is -2.03. The van der Waals surface area contributed by atoms with E-state index in [2.05, 4.69) is 0 Å². The van der Waals surface area contributed by atoms with E-state index in [1.165, 1.54) is 24.3 Å². The minimum atomic E-state index is -0.461. The molecule has 86 valence electrons. The van der Waals surface area contributed by atoms with Gasteiger partial charge in [0.25, 0.3) is 0 Å². The number of carbonyl (C=O) groups excluding carboxylic acids is 2. The standard InChI is InChI=1S/C11H11ClO4/c12-10(14)2-1-3-11(15)16-9-6-4-8(13)5-7-9/h4-7,13H,1-3H2. The number of esters is 1. The highest BCUT2D eigenvalue weighted by Gasteiger charge is 2.06. The normalized spacial score (nSPS) is 9.81. The first kappa shape index (κ1) is 12.5. The summed E-state index contributed by atoms with van der Waals surface area (Å²) in [5.41, 5.74) is 0. The van der Waals surface area contributed by atoms with Crippen molar-refractivity contribution in [2.24, 2.45) is 0 Å². The summed E-state index contributed by atoms with van der Waals surface area (Å²) in [7, 11) is 0. The SMILES string of the molecule is O=C(Cl)CCCC(=O)Oc1ccc(O)cc1. The van der Waals surface area contributed by atoms with E-state index in [9.17, 15) is 9.59 Å². The zero-order valence-electron chi connectivity index (χ0n) is 8.48. The lowest BCUT2D eigenvalue weighted by molar-refractivity contribution is -0.134. The summed E-state index contributed by atoms with van der Waals surface area (Å²) in [5.74, 6) is 0.0381. The number of benzene rings is 1. The number of hydrogen-bond donors (Lipinski definition) is 1. The van der Waals surface area contributed by atoms with Crippen LogP contribution in [0, 0.1) is 0 Å². The molecule has 0 bridgehead atoms. The van der Waals surface area contributed by atoms with Crippen LogP contribution in [0.5, 0.6) is 11.5 Å². The van der Waals surface area contributed by atoms with Gasteiger partial charge >= 0.3 is 5.97 Å². The third-order valence-corrected chi connectivity index (χ3v) is 2.01. The van der Waals surface area contributed by atoms with E-state index >= 15 is 0 Å². The molecule has 0 fully saturated rings. The van der Waals surface area contributed by atoms with Crippen molar-refractivity contribution in [3.63, 3.8) is 0 Å². The second-order valence-electron chi connectivity index (χ2n) is 3.18. The Morgan fingerprint density at radius 2 is 1.81 bits per heavy atom. The fourth-order valence-electron chi connectivity index (χ4n) is 1.07. The number of rotatable bonds is 5. The molecule has 1 aromatic carbocycles. The van der Waals surface area contributed by atoms with Gasteiger partial charge in [0.15, 0.2) is 0 Å². The van der Waals surface area contributed by atoms with Crippen LogP contribution in [0.25, 0.3) is 0 Å². The van der Waals surface area contributed by atoms with Crippen molar-refractivity contribution >= 4 is 22.8 Å². The molecule has 16 heavy (non-hydrogen) atoms. The number of carbonyl (C=O) groups is 2. The van der Waals surface area contributed by atoms with Crippen LogP contribution in [-0.4, -0.2) is 16.3 Å². The molecule has 0 aliphatic rings. The molecule has 0 unspecified atom stereocenters. The summed E-state index contributed by atoms with van der Waals surface area (Å²) in [6.45, 7) is 0. The Hall–Kier alpha value is -1.55. The highest BCUT2D eigenvalue weighted by molar-refractivity contribution is 6.63. The van der Waals surface area contributed by atoms with Gasteiger partial charge in [0.1, 0.15) is 11.5 Å². The first-order valence-corrected chi connectivity index (χ1v) is 5.14. The van der Waals surface area contributed by atoms with Crippen LogP contribution in [0.2, 0.25) is 0 Å². The molecule has 1 aromatic rings. The second kappa shape index (κ2) is 6.12. The Morgan fingerprint density at radius 3 is 2.38 bits per heavy atom. The highest BCUT2D eigenvalue weighted by atomic mass is 35.5. The van der Waals surface area contributed by atoms with Gasteiger partial charge in [-0.05, 0) is 42.3 Å². The van der Waals surface area contributed by atoms with E-state index in [4.69, 9.17) is 21.4 Å². The molecule has 0 saturated heterocycles. The van der Waals surface area contributed by atoms with E-state index in [0.29, 0.717) is 12.2 Å². The first-order valence-electron chi connectivity index (χ1n) is 4.76. The average Bonchev–Trinajstić information content (AvgIpc) is 2.21. The maximum atomic E-state index is 11.2. The van der Waals surface area contributed by atoms with Crippen molar-refractivity contribution < 1.29 is 19.4 Å². The highest BCUT2D eigenvalue weighted by Crippen LogP contribution is 2.16.